The summed E-state index contributed by atoms with van der Waals surface area (Å²) in [6.45, 7) is 0.202. The zero-order valence-corrected chi connectivity index (χ0v) is 10.2. The Kier molecular flexibility index (Phi) is 3.76. The predicted molar refractivity (Wildman–Crippen MR) is 67.3 cm³/mol. The van der Waals surface area contributed by atoms with Gasteiger partial charge in [0, 0.05) is 25.0 Å². The molecule has 0 bridgehead atoms. The van der Waals surface area contributed by atoms with Crippen LogP contribution in [-0.2, 0) is 4.79 Å². The van der Waals surface area contributed by atoms with Crippen LogP contribution in [0.1, 0.15) is 23.3 Å². The molecule has 1 aliphatic carbocycles. The number of carbonyl (C=O) groups is 2. The van der Waals surface area contributed by atoms with Crippen molar-refractivity contribution in [2.24, 2.45) is 0 Å². The number of rotatable bonds is 5. The minimum Gasteiger partial charge on any atom is -0.376 e. The highest BCUT2D eigenvalue weighted by Gasteiger charge is 2.22. The molecular weight excluding hydrogens is 232 g/mol. The molecule has 1 aliphatic rings. The summed E-state index contributed by atoms with van der Waals surface area (Å²) in [7, 11) is 1.55. The van der Waals surface area contributed by atoms with Crippen LogP contribution in [-0.4, -0.2) is 36.4 Å². The van der Waals surface area contributed by atoms with Gasteiger partial charge in [-0.3, -0.25) is 14.6 Å². The third-order valence-corrected chi connectivity index (χ3v) is 2.62. The molecule has 0 aromatic carbocycles. The fourth-order valence-corrected chi connectivity index (χ4v) is 1.48. The zero-order chi connectivity index (χ0) is 13.0. The van der Waals surface area contributed by atoms with Crippen LogP contribution in [0, 0.1) is 0 Å². The molecule has 2 amide bonds. The van der Waals surface area contributed by atoms with E-state index in [9.17, 15) is 9.59 Å². The van der Waals surface area contributed by atoms with E-state index in [0.717, 1.165) is 12.8 Å². The Morgan fingerprint density at radius 2 is 2.22 bits per heavy atom. The van der Waals surface area contributed by atoms with Crippen molar-refractivity contribution in [2.75, 3.05) is 18.9 Å². The Morgan fingerprint density at radius 3 is 2.89 bits per heavy atom. The number of carbonyl (C=O) groups excluding carboxylic acids is 2. The first kappa shape index (κ1) is 12.3. The van der Waals surface area contributed by atoms with Gasteiger partial charge in [-0.15, -0.1) is 0 Å². The lowest BCUT2D eigenvalue weighted by molar-refractivity contribution is -0.119. The van der Waals surface area contributed by atoms with Crippen molar-refractivity contribution in [3.63, 3.8) is 0 Å². The molecule has 6 heteroatoms. The van der Waals surface area contributed by atoms with Gasteiger partial charge in [0.2, 0.25) is 5.91 Å². The highest BCUT2D eigenvalue weighted by Crippen LogP contribution is 2.18. The molecule has 0 radical (unpaired) electrons. The summed E-state index contributed by atoms with van der Waals surface area (Å²) in [5, 5.41) is 8.34. The topological polar surface area (TPSA) is 83.1 Å². The van der Waals surface area contributed by atoms with Gasteiger partial charge in [0.1, 0.15) is 5.69 Å². The van der Waals surface area contributed by atoms with Crippen LogP contribution in [0.3, 0.4) is 0 Å². The molecule has 18 heavy (non-hydrogen) atoms. The van der Waals surface area contributed by atoms with E-state index in [-0.39, 0.29) is 18.4 Å². The molecule has 1 heterocycles. The van der Waals surface area contributed by atoms with Crippen molar-refractivity contribution < 1.29 is 9.59 Å². The van der Waals surface area contributed by atoms with Gasteiger partial charge in [-0.2, -0.15) is 0 Å². The van der Waals surface area contributed by atoms with Gasteiger partial charge in [-0.25, -0.2) is 0 Å². The maximum atomic E-state index is 11.5. The smallest absolute Gasteiger partial charge is 0.269 e. The number of anilines is 1. The standard InChI is InChI=1S/C12H16N4O2/c1-13-12(18)10-6-9(4-5-14-10)15-7-11(17)16-8-2-3-8/h4-6,8H,2-3,7H2,1H3,(H,13,18)(H,14,15)(H,16,17). The molecule has 0 saturated heterocycles. The van der Waals surface area contributed by atoms with E-state index in [2.05, 4.69) is 20.9 Å². The van der Waals surface area contributed by atoms with Gasteiger partial charge in [0.15, 0.2) is 0 Å². The number of hydrogen-bond donors (Lipinski definition) is 3. The van der Waals surface area contributed by atoms with Crippen molar-refractivity contribution in [3.8, 4) is 0 Å². The highest BCUT2D eigenvalue weighted by molar-refractivity contribution is 5.93. The fraction of sp³-hybridized carbons (Fsp3) is 0.417. The summed E-state index contributed by atoms with van der Waals surface area (Å²) in [5.74, 6) is -0.281. The molecule has 3 N–H and O–H groups in total. The number of aromatic nitrogens is 1. The second kappa shape index (κ2) is 5.48. The Hall–Kier alpha value is -2.11. The van der Waals surface area contributed by atoms with Crippen LogP contribution in [0.15, 0.2) is 18.3 Å². The normalized spacial score (nSPS) is 13.8. The number of nitrogens with zero attached hydrogens (tertiary/aromatic N) is 1. The third-order valence-electron chi connectivity index (χ3n) is 2.62. The second-order valence-electron chi connectivity index (χ2n) is 4.20. The molecule has 1 aromatic heterocycles. The fourth-order valence-electron chi connectivity index (χ4n) is 1.48. The first-order valence-electron chi connectivity index (χ1n) is 5.90. The molecule has 1 aromatic rings. The van der Waals surface area contributed by atoms with Gasteiger partial charge in [-0.05, 0) is 25.0 Å². The average Bonchev–Trinajstić information content (AvgIpc) is 3.19. The maximum absolute atomic E-state index is 11.5. The summed E-state index contributed by atoms with van der Waals surface area (Å²) in [6.07, 6.45) is 3.68. The van der Waals surface area contributed by atoms with Gasteiger partial charge < -0.3 is 16.0 Å². The third kappa shape index (κ3) is 3.44. The molecule has 0 spiro atoms. The first-order chi connectivity index (χ1) is 8.69. The SMILES string of the molecule is CNC(=O)c1cc(NCC(=O)NC2CC2)ccn1. The molecule has 0 atom stereocenters. The molecule has 1 fully saturated rings. The van der Waals surface area contributed by atoms with Crippen molar-refractivity contribution in [1.29, 1.82) is 0 Å². The highest BCUT2D eigenvalue weighted by atomic mass is 16.2. The maximum Gasteiger partial charge on any atom is 0.269 e. The Morgan fingerprint density at radius 1 is 1.44 bits per heavy atom. The lowest BCUT2D eigenvalue weighted by atomic mass is 10.3. The summed E-state index contributed by atoms with van der Waals surface area (Å²) in [6, 6.07) is 3.69. The van der Waals surface area contributed by atoms with E-state index in [4.69, 9.17) is 0 Å². The number of pyridine rings is 1. The number of hydrogen-bond acceptors (Lipinski definition) is 4. The van der Waals surface area contributed by atoms with Gasteiger partial charge >= 0.3 is 0 Å². The van der Waals surface area contributed by atoms with Crippen molar-refractivity contribution in [2.45, 2.75) is 18.9 Å². The van der Waals surface area contributed by atoms with Crippen LogP contribution in [0.2, 0.25) is 0 Å². The molecule has 0 unspecified atom stereocenters. The Balaban J connectivity index is 1.88. The Bertz CT molecular complexity index is 457. The minimum absolute atomic E-state index is 0.0317. The van der Waals surface area contributed by atoms with Crippen molar-refractivity contribution in [3.05, 3.63) is 24.0 Å². The quantitative estimate of drug-likeness (QED) is 0.691. The van der Waals surface area contributed by atoms with Gasteiger partial charge in [-0.1, -0.05) is 0 Å². The minimum atomic E-state index is -0.249. The number of nitrogens with one attached hydrogen (secondary N) is 3. The summed E-state index contributed by atoms with van der Waals surface area (Å²) < 4.78 is 0. The summed E-state index contributed by atoms with van der Waals surface area (Å²) in [4.78, 5) is 26.8. The monoisotopic (exact) mass is 248 g/mol. The molecule has 96 valence electrons. The van der Waals surface area contributed by atoms with Gasteiger partial charge in [0.25, 0.3) is 5.91 Å². The van der Waals surface area contributed by atoms with E-state index in [1.165, 1.54) is 6.20 Å². The van der Waals surface area contributed by atoms with E-state index in [1.807, 2.05) is 0 Å². The second-order valence-corrected chi connectivity index (χ2v) is 4.20. The number of amides is 2. The summed E-state index contributed by atoms with van der Waals surface area (Å²) >= 11 is 0. The molecule has 1 saturated carbocycles. The van der Waals surface area contributed by atoms with Crippen molar-refractivity contribution >= 4 is 17.5 Å². The van der Waals surface area contributed by atoms with Crippen LogP contribution in [0.4, 0.5) is 5.69 Å². The molecule has 6 nitrogen and oxygen atoms in total. The predicted octanol–water partition coefficient (Wildman–Crippen LogP) is 0.132. The Labute approximate surface area is 105 Å². The van der Waals surface area contributed by atoms with E-state index < -0.39 is 0 Å². The van der Waals surface area contributed by atoms with Gasteiger partial charge in [0.05, 0.1) is 6.54 Å². The molecular formula is C12H16N4O2. The van der Waals surface area contributed by atoms with Crippen molar-refractivity contribution in [1.82, 2.24) is 15.6 Å². The lowest BCUT2D eigenvalue weighted by Gasteiger charge is -2.07. The van der Waals surface area contributed by atoms with E-state index in [0.29, 0.717) is 17.4 Å². The first-order valence-corrected chi connectivity index (χ1v) is 5.90. The molecule has 2 rings (SSSR count). The van der Waals surface area contributed by atoms with Crippen LogP contribution < -0.4 is 16.0 Å². The summed E-state index contributed by atoms with van der Waals surface area (Å²) in [5.41, 5.74) is 1.03. The van der Waals surface area contributed by atoms with Crippen LogP contribution in [0.5, 0.6) is 0 Å². The largest absolute Gasteiger partial charge is 0.376 e. The van der Waals surface area contributed by atoms with E-state index >= 15 is 0 Å². The van der Waals surface area contributed by atoms with Crippen LogP contribution >= 0.6 is 0 Å². The average molecular weight is 248 g/mol. The zero-order valence-electron chi connectivity index (χ0n) is 10.2. The van der Waals surface area contributed by atoms with Crippen LogP contribution in [0.25, 0.3) is 0 Å². The lowest BCUT2D eigenvalue weighted by Crippen LogP contribution is -2.31. The molecule has 0 aliphatic heterocycles. The van der Waals surface area contributed by atoms with E-state index in [1.54, 1.807) is 19.2 Å².